The molecule has 22 heavy (non-hydrogen) atoms. The molecule has 0 spiro atoms. The fourth-order valence-electron chi connectivity index (χ4n) is 1.90. The first-order chi connectivity index (χ1) is 10.5. The minimum Gasteiger partial charge on any atom is -0.493 e. The van der Waals surface area contributed by atoms with Gasteiger partial charge < -0.3 is 9.47 Å². The molecule has 122 valence electrons. The lowest BCUT2D eigenvalue weighted by molar-refractivity contribution is -0.128. The summed E-state index contributed by atoms with van der Waals surface area (Å²) in [5.74, 6) is 0.762. The molecule has 0 bridgehead atoms. The quantitative estimate of drug-likeness (QED) is 0.725. The summed E-state index contributed by atoms with van der Waals surface area (Å²) in [6, 6.07) is 5.66. The Morgan fingerprint density at radius 2 is 1.95 bits per heavy atom. The van der Waals surface area contributed by atoms with Gasteiger partial charge in [0, 0.05) is 13.5 Å². The number of hydrogen-bond acceptors (Lipinski definition) is 5. The number of likely N-dealkylation sites (N-methyl/N-ethyl adjacent to an activating group) is 1. The van der Waals surface area contributed by atoms with Crippen LogP contribution >= 0.6 is 0 Å². The van der Waals surface area contributed by atoms with Gasteiger partial charge in [-0.2, -0.15) is 0 Å². The van der Waals surface area contributed by atoms with Gasteiger partial charge in [-0.15, -0.1) is 0 Å². The van der Waals surface area contributed by atoms with E-state index in [1.807, 2.05) is 37.1 Å². The molecule has 0 fully saturated rings. The molecule has 0 saturated heterocycles. The van der Waals surface area contributed by atoms with Gasteiger partial charge in [0.1, 0.15) is 0 Å². The van der Waals surface area contributed by atoms with Crippen molar-refractivity contribution in [1.29, 1.82) is 0 Å². The van der Waals surface area contributed by atoms with Gasteiger partial charge in [0.25, 0.3) is 5.91 Å². The van der Waals surface area contributed by atoms with Crippen LogP contribution in [0.15, 0.2) is 18.2 Å². The number of methoxy groups -OCH3 is 1. The zero-order chi connectivity index (χ0) is 16.5. The van der Waals surface area contributed by atoms with Crippen LogP contribution in [0.3, 0.4) is 0 Å². The van der Waals surface area contributed by atoms with E-state index in [-0.39, 0.29) is 18.4 Å². The summed E-state index contributed by atoms with van der Waals surface area (Å²) in [5, 5.41) is 0. The zero-order valence-corrected chi connectivity index (χ0v) is 13.4. The molecule has 0 unspecified atom stereocenters. The number of nitrogens with one attached hydrogen (secondary N) is 2. The third-order valence-electron chi connectivity index (χ3n) is 2.77. The van der Waals surface area contributed by atoms with E-state index in [0.717, 1.165) is 5.56 Å². The maximum atomic E-state index is 11.6. The van der Waals surface area contributed by atoms with Gasteiger partial charge in [-0.25, -0.2) is 0 Å². The smallest absolute Gasteiger partial charge is 0.252 e. The highest BCUT2D eigenvalue weighted by Crippen LogP contribution is 2.28. The number of hydrogen-bond donors (Lipinski definition) is 2. The topological polar surface area (TPSA) is 79.9 Å². The molecule has 0 aliphatic heterocycles. The summed E-state index contributed by atoms with van der Waals surface area (Å²) < 4.78 is 10.8. The summed E-state index contributed by atoms with van der Waals surface area (Å²) in [6.07, 6.45) is 0. The lowest BCUT2D eigenvalue weighted by Gasteiger charge is -2.17. The van der Waals surface area contributed by atoms with Crippen molar-refractivity contribution >= 4 is 11.8 Å². The summed E-state index contributed by atoms with van der Waals surface area (Å²) in [7, 11) is 3.41. The number of nitrogens with zero attached hydrogens (tertiary/aromatic N) is 1. The third kappa shape index (κ3) is 6.01. The Bertz CT molecular complexity index is 520. The van der Waals surface area contributed by atoms with Crippen molar-refractivity contribution in [2.45, 2.75) is 20.4 Å². The van der Waals surface area contributed by atoms with E-state index in [1.165, 1.54) is 6.92 Å². The number of amides is 2. The molecule has 0 aliphatic rings. The standard InChI is InChI=1S/C15H23N3O4/c1-5-22-13-7-6-12(8-14(13)21-4)9-18(3)10-15(20)17-16-11(2)19/h6-8H,5,9-10H2,1-4H3,(H,16,19)(H,17,20). The maximum Gasteiger partial charge on any atom is 0.252 e. The molecular weight excluding hydrogens is 286 g/mol. The molecule has 7 nitrogen and oxygen atoms in total. The average molecular weight is 309 g/mol. The van der Waals surface area contributed by atoms with Gasteiger partial charge in [-0.05, 0) is 31.7 Å². The number of carbonyl (C=O) groups is 2. The summed E-state index contributed by atoms with van der Waals surface area (Å²) in [5.41, 5.74) is 5.57. The second kappa shape index (κ2) is 8.89. The molecule has 2 N–H and O–H groups in total. The number of benzene rings is 1. The van der Waals surface area contributed by atoms with Crippen LogP contribution < -0.4 is 20.3 Å². The largest absolute Gasteiger partial charge is 0.493 e. The van der Waals surface area contributed by atoms with Crippen LogP contribution in [0.25, 0.3) is 0 Å². The van der Waals surface area contributed by atoms with Crippen LogP contribution in [0.5, 0.6) is 11.5 Å². The Hall–Kier alpha value is -2.28. The normalized spacial score (nSPS) is 10.2. The average Bonchev–Trinajstić information content (AvgIpc) is 2.46. The summed E-state index contributed by atoms with van der Waals surface area (Å²) in [4.78, 5) is 24.1. The van der Waals surface area contributed by atoms with Gasteiger partial charge in [0.2, 0.25) is 5.91 Å². The first kappa shape index (κ1) is 17.8. The van der Waals surface area contributed by atoms with E-state index in [1.54, 1.807) is 7.11 Å². The first-order valence-corrected chi connectivity index (χ1v) is 7.00. The number of rotatable bonds is 7. The van der Waals surface area contributed by atoms with E-state index < -0.39 is 0 Å². The predicted octanol–water partition coefficient (Wildman–Crippen LogP) is 0.693. The Labute approximate surface area is 130 Å². The van der Waals surface area contributed by atoms with E-state index >= 15 is 0 Å². The highest BCUT2D eigenvalue weighted by Gasteiger charge is 2.10. The minimum atomic E-state index is -0.313. The van der Waals surface area contributed by atoms with Crippen molar-refractivity contribution in [1.82, 2.24) is 15.8 Å². The van der Waals surface area contributed by atoms with Gasteiger partial charge in [0.15, 0.2) is 11.5 Å². The molecule has 1 aromatic rings. The monoisotopic (exact) mass is 309 g/mol. The van der Waals surface area contributed by atoms with Crippen molar-refractivity contribution in [3.05, 3.63) is 23.8 Å². The lowest BCUT2D eigenvalue weighted by Crippen LogP contribution is -2.44. The second-order valence-electron chi connectivity index (χ2n) is 4.82. The molecule has 1 rings (SSSR count). The van der Waals surface area contributed by atoms with Gasteiger partial charge in [-0.1, -0.05) is 6.07 Å². The van der Waals surface area contributed by atoms with E-state index in [0.29, 0.717) is 24.7 Å². The van der Waals surface area contributed by atoms with Crippen LogP contribution in [0.4, 0.5) is 0 Å². The maximum absolute atomic E-state index is 11.6. The number of carbonyl (C=O) groups excluding carboxylic acids is 2. The molecule has 2 amide bonds. The van der Waals surface area contributed by atoms with Crippen molar-refractivity contribution < 1.29 is 19.1 Å². The molecular formula is C15H23N3O4. The number of hydrazine groups is 1. The van der Waals surface area contributed by atoms with Gasteiger partial charge >= 0.3 is 0 Å². The lowest BCUT2D eigenvalue weighted by atomic mass is 10.2. The van der Waals surface area contributed by atoms with Crippen LogP contribution in [0.2, 0.25) is 0 Å². The van der Waals surface area contributed by atoms with E-state index in [9.17, 15) is 9.59 Å². The van der Waals surface area contributed by atoms with Crippen LogP contribution in [-0.2, 0) is 16.1 Å². The highest BCUT2D eigenvalue weighted by molar-refractivity contribution is 5.81. The molecule has 1 aromatic carbocycles. The van der Waals surface area contributed by atoms with E-state index in [4.69, 9.17) is 9.47 Å². The molecule has 0 aromatic heterocycles. The summed E-state index contributed by atoms with van der Waals surface area (Å²) >= 11 is 0. The van der Waals surface area contributed by atoms with E-state index in [2.05, 4.69) is 10.9 Å². The molecule has 0 atom stereocenters. The second-order valence-corrected chi connectivity index (χ2v) is 4.82. The van der Waals surface area contributed by atoms with Crippen LogP contribution in [0.1, 0.15) is 19.4 Å². The molecule has 0 saturated carbocycles. The van der Waals surface area contributed by atoms with Gasteiger partial charge in [-0.3, -0.25) is 25.3 Å². The summed E-state index contributed by atoms with van der Waals surface area (Å²) in [6.45, 7) is 4.54. The molecule has 7 heteroatoms. The number of ether oxygens (including phenoxy) is 2. The van der Waals surface area contributed by atoms with Crippen molar-refractivity contribution in [3.8, 4) is 11.5 Å². The minimum absolute atomic E-state index is 0.163. The van der Waals surface area contributed by atoms with Gasteiger partial charge in [0.05, 0.1) is 20.3 Å². The fraction of sp³-hybridized carbons (Fsp3) is 0.467. The highest BCUT2D eigenvalue weighted by atomic mass is 16.5. The first-order valence-electron chi connectivity index (χ1n) is 7.00. The zero-order valence-electron chi connectivity index (χ0n) is 13.4. The SMILES string of the molecule is CCOc1ccc(CN(C)CC(=O)NNC(C)=O)cc1OC. The fourth-order valence-corrected chi connectivity index (χ4v) is 1.90. The van der Waals surface area contributed by atoms with Crippen molar-refractivity contribution in [3.63, 3.8) is 0 Å². The Morgan fingerprint density at radius 1 is 1.23 bits per heavy atom. The molecule has 0 radical (unpaired) electrons. The van der Waals surface area contributed by atoms with Crippen molar-refractivity contribution in [2.75, 3.05) is 27.3 Å². The third-order valence-corrected chi connectivity index (χ3v) is 2.77. The Kier molecular flexibility index (Phi) is 7.18. The van der Waals surface area contributed by atoms with Crippen LogP contribution in [0, 0.1) is 0 Å². The molecule has 0 heterocycles. The Morgan fingerprint density at radius 3 is 2.55 bits per heavy atom. The van der Waals surface area contributed by atoms with Crippen LogP contribution in [-0.4, -0.2) is 44.0 Å². The molecule has 0 aliphatic carbocycles. The Balaban J connectivity index is 2.58. The predicted molar refractivity (Wildman–Crippen MR) is 82.5 cm³/mol. The van der Waals surface area contributed by atoms with Crippen molar-refractivity contribution in [2.24, 2.45) is 0 Å².